The highest BCUT2D eigenvalue weighted by molar-refractivity contribution is 5.85. The van der Waals surface area contributed by atoms with E-state index in [1.54, 1.807) is 7.11 Å². The van der Waals surface area contributed by atoms with Gasteiger partial charge in [-0.05, 0) is 35.0 Å². The van der Waals surface area contributed by atoms with E-state index >= 15 is 0 Å². The van der Waals surface area contributed by atoms with Crippen molar-refractivity contribution in [2.45, 2.75) is 13.1 Å². The van der Waals surface area contributed by atoms with Crippen molar-refractivity contribution < 1.29 is 10.1 Å². The first-order valence-corrected chi connectivity index (χ1v) is 7.28. The number of quaternary nitrogens is 1. The molecule has 0 fully saturated rings. The van der Waals surface area contributed by atoms with E-state index in [0.717, 1.165) is 18.8 Å². The molecule has 0 saturated heterocycles. The molecule has 0 radical (unpaired) electrons. The zero-order valence-corrected chi connectivity index (χ0v) is 12.3. The predicted octanol–water partition coefficient (Wildman–Crippen LogP) is 3.11. The average molecular weight is 278 g/mol. The van der Waals surface area contributed by atoms with Crippen LogP contribution in [0.15, 0.2) is 66.7 Å². The normalized spacial score (nSPS) is 10.7. The van der Waals surface area contributed by atoms with E-state index in [2.05, 4.69) is 59.9 Å². The molecule has 0 aliphatic heterocycles. The number of methoxy groups -OCH3 is 1. The second kappa shape index (κ2) is 6.42. The van der Waals surface area contributed by atoms with Crippen molar-refractivity contribution in [3.05, 3.63) is 77.9 Å². The van der Waals surface area contributed by atoms with Crippen LogP contribution in [0.1, 0.15) is 11.1 Å². The molecule has 2 nitrogen and oxygen atoms in total. The Morgan fingerprint density at radius 1 is 0.810 bits per heavy atom. The molecular formula is C19H20NO+. The summed E-state index contributed by atoms with van der Waals surface area (Å²) in [4.78, 5) is 0. The number of hydrogen-bond acceptors (Lipinski definition) is 1. The van der Waals surface area contributed by atoms with Crippen LogP contribution in [0.5, 0.6) is 5.75 Å². The van der Waals surface area contributed by atoms with Crippen LogP contribution in [-0.2, 0) is 13.1 Å². The molecule has 106 valence electrons. The Morgan fingerprint density at radius 3 is 2.38 bits per heavy atom. The predicted molar refractivity (Wildman–Crippen MR) is 86.3 cm³/mol. The Bertz CT molecular complexity index is 714. The lowest BCUT2D eigenvalue weighted by molar-refractivity contribution is -0.686. The molecule has 0 saturated carbocycles. The summed E-state index contributed by atoms with van der Waals surface area (Å²) in [6.45, 7) is 1.97. The van der Waals surface area contributed by atoms with Crippen molar-refractivity contribution in [2.75, 3.05) is 7.11 Å². The minimum atomic E-state index is 0.910. The topological polar surface area (TPSA) is 25.8 Å². The van der Waals surface area contributed by atoms with E-state index in [-0.39, 0.29) is 0 Å². The summed E-state index contributed by atoms with van der Waals surface area (Å²) in [6, 6.07) is 23.4. The summed E-state index contributed by atoms with van der Waals surface area (Å²) >= 11 is 0. The number of hydrogen-bond donors (Lipinski definition) is 1. The Balaban J connectivity index is 1.66. The van der Waals surface area contributed by atoms with Crippen LogP contribution in [0.25, 0.3) is 10.8 Å². The zero-order valence-electron chi connectivity index (χ0n) is 12.3. The van der Waals surface area contributed by atoms with Crippen LogP contribution >= 0.6 is 0 Å². The second-order valence-corrected chi connectivity index (χ2v) is 5.18. The molecule has 0 aliphatic rings. The molecule has 3 rings (SSSR count). The maximum absolute atomic E-state index is 5.18. The van der Waals surface area contributed by atoms with E-state index < -0.39 is 0 Å². The minimum absolute atomic E-state index is 0.910. The SMILES string of the molecule is COc1ccc(C[NH2+]Cc2cccc3ccccc23)cc1. The van der Waals surface area contributed by atoms with Gasteiger partial charge < -0.3 is 10.1 Å². The van der Waals surface area contributed by atoms with Gasteiger partial charge in [-0.15, -0.1) is 0 Å². The fourth-order valence-electron chi connectivity index (χ4n) is 2.63. The number of nitrogens with two attached hydrogens (primary N) is 1. The Labute approximate surface area is 125 Å². The number of fused-ring (bicyclic) bond motifs is 1. The van der Waals surface area contributed by atoms with Crippen molar-refractivity contribution in [1.82, 2.24) is 0 Å². The smallest absolute Gasteiger partial charge is 0.118 e. The van der Waals surface area contributed by atoms with Crippen LogP contribution in [0.3, 0.4) is 0 Å². The second-order valence-electron chi connectivity index (χ2n) is 5.18. The zero-order chi connectivity index (χ0) is 14.5. The summed E-state index contributed by atoms with van der Waals surface area (Å²) < 4.78 is 5.18. The van der Waals surface area contributed by atoms with E-state index in [1.807, 2.05) is 12.1 Å². The monoisotopic (exact) mass is 278 g/mol. The first kappa shape index (κ1) is 13.7. The van der Waals surface area contributed by atoms with Crippen molar-refractivity contribution in [2.24, 2.45) is 0 Å². The van der Waals surface area contributed by atoms with Crippen molar-refractivity contribution in [3.8, 4) is 5.75 Å². The lowest BCUT2D eigenvalue weighted by Crippen LogP contribution is -2.80. The number of rotatable bonds is 5. The van der Waals surface area contributed by atoms with E-state index in [4.69, 9.17) is 4.74 Å². The molecule has 0 atom stereocenters. The average Bonchev–Trinajstić information content (AvgIpc) is 2.56. The van der Waals surface area contributed by atoms with Gasteiger partial charge in [0.05, 0.1) is 7.11 Å². The summed E-state index contributed by atoms with van der Waals surface area (Å²) in [7, 11) is 1.70. The number of ether oxygens (including phenoxy) is 1. The van der Waals surface area contributed by atoms with Crippen LogP contribution in [0.4, 0.5) is 0 Å². The van der Waals surface area contributed by atoms with Crippen LogP contribution < -0.4 is 10.1 Å². The van der Waals surface area contributed by atoms with Gasteiger partial charge in [0.25, 0.3) is 0 Å². The van der Waals surface area contributed by atoms with Crippen LogP contribution in [0.2, 0.25) is 0 Å². The van der Waals surface area contributed by atoms with E-state index in [9.17, 15) is 0 Å². The third-order valence-corrected chi connectivity index (χ3v) is 3.78. The van der Waals surface area contributed by atoms with Crippen molar-refractivity contribution >= 4 is 10.8 Å². The molecule has 0 spiro atoms. The first-order chi connectivity index (χ1) is 10.4. The molecule has 3 aromatic carbocycles. The standard InChI is InChI=1S/C19H19NO/c1-21-18-11-9-15(10-12-18)13-20-14-17-7-4-6-16-5-2-3-8-19(16)17/h2-12,20H,13-14H2,1H3/p+1. The van der Waals surface area contributed by atoms with Gasteiger partial charge in [0.1, 0.15) is 18.8 Å². The Kier molecular flexibility index (Phi) is 4.17. The Hall–Kier alpha value is -2.32. The molecule has 21 heavy (non-hydrogen) atoms. The van der Waals surface area contributed by atoms with Gasteiger partial charge in [-0.1, -0.05) is 42.5 Å². The highest BCUT2D eigenvalue weighted by atomic mass is 16.5. The molecule has 3 aromatic rings. The van der Waals surface area contributed by atoms with Crippen molar-refractivity contribution in [3.63, 3.8) is 0 Å². The highest BCUT2D eigenvalue weighted by Crippen LogP contribution is 2.17. The minimum Gasteiger partial charge on any atom is -0.497 e. The molecule has 2 heteroatoms. The maximum Gasteiger partial charge on any atom is 0.118 e. The third-order valence-electron chi connectivity index (χ3n) is 3.78. The molecule has 0 bridgehead atoms. The Morgan fingerprint density at radius 2 is 1.57 bits per heavy atom. The van der Waals surface area contributed by atoms with Crippen LogP contribution in [0, 0.1) is 0 Å². The summed E-state index contributed by atoms with van der Waals surface area (Å²) in [5.41, 5.74) is 2.71. The van der Waals surface area contributed by atoms with Gasteiger partial charge in [-0.2, -0.15) is 0 Å². The fourth-order valence-corrected chi connectivity index (χ4v) is 2.63. The molecule has 0 aromatic heterocycles. The van der Waals surface area contributed by atoms with Gasteiger partial charge in [-0.25, -0.2) is 0 Å². The van der Waals surface area contributed by atoms with E-state index in [0.29, 0.717) is 0 Å². The maximum atomic E-state index is 5.18. The molecule has 2 N–H and O–H groups in total. The summed E-state index contributed by atoms with van der Waals surface area (Å²) in [5, 5.41) is 5.00. The van der Waals surface area contributed by atoms with E-state index in [1.165, 1.54) is 21.9 Å². The molecular weight excluding hydrogens is 258 g/mol. The molecule has 0 amide bonds. The van der Waals surface area contributed by atoms with Crippen molar-refractivity contribution in [1.29, 1.82) is 0 Å². The van der Waals surface area contributed by atoms with Gasteiger partial charge >= 0.3 is 0 Å². The highest BCUT2D eigenvalue weighted by Gasteiger charge is 2.02. The fraction of sp³-hybridized carbons (Fsp3) is 0.158. The molecule has 0 unspecified atom stereocenters. The lowest BCUT2D eigenvalue weighted by Gasteiger charge is -2.06. The largest absolute Gasteiger partial charge is 0.497 e. The van der Waals surface area contributed by atoms with Gasteiger partial charge in [0, 0.05) is 11.1 Å². The third kappa shape index (κ3) is 3.23. The molecule has 0 aliphatic carbocycles. The van der Waals surface area contributed by atoms with Gasteiger partial charge in [0.2, 0.25) is 0 Å². The summed E-state index contributed by atoms with van der Waals surface area (Å²) in [5.74, 6) is 0.910. The molecule has 0 heterocycles. The lowest BCUT2D eigenvalue weighted by atomic mass is 10.0. The quantitative estimate of drug-likeness (QED) is 0.762. The van der Waals surface area contributed by atoms with Crippen LogP contribution in [-0.4, -0.2) is 7.11 Å². The first-order valence-electron chi connectivity index (χ1n) is 7.28. The summed E-state index contributed by atoms with van der Waals surface area (Å²) in [6.07, 6.45) is 0. The van der Waals surface area contributed by atoms with Gasteiger partial charge in [-0.3, -0.25) is 0 Å². The van der Waals surface area contributed by atoms with Gasteiger partial charge in [0.15, 0.2) is 0 Å². The number of benzene rings is 3.